The van der Waals surface area contributed by atoms with Crippen molar-refractivity contribution in [3.8, 4) is 33.4 Å². The molecule has 0 heterocycles. The highest BCUT2D eigenvalue weighted by Gasteiger charge is 2.44. The van der Waals surface area contributed by atoms with Gasteiger partial charge in [0, 0.05) is 16.4 Å². The molecule has 4 aromatic carbocycles. The summed E-state index contributed by atoms with van der Waals surface area (Å²) >= 11 is 0. The molecule has 0 saturated carbocycles. The molecule has 0 amide bonds. The zero-order valence-electron chi connectivity index (χ0n) is 58.6. The minimum absolute atomic E-state index is 0.00694. The van der Waals surface area contributed by atoms with Crippen LogP contribution in [-0.4, -0.2) is 184 Å². The first kappa shape index (κ1) is 76.8. The van der Waals surface area contributed by atoms with Gasteiger partial charge in [-0.25, -0.2) is 4.79 Å². The molecule has 520 valence electrons. The fourth-order valence-electron chi connectivity index (χ4n) is 13.2. The second-order valence-electron chi connectivity index (χ2n) is 26.9. The summed E-state index contributed by atoms with van der Waals surface area (Å²) in [6, 6.07) is 29.4. The van der Waals surface area contributed by atoms with E-state index in [9.17, 15) is 33.6 Å². The number of likely N-dealkylation sites (N-methyl/N-ethyl adjacent to an activating group) is 4. The Bertz CT molecular complexity index is 3100. The van der Waals surface area contributed by atoms with E-state index in [1.54, 1.807) is 9.80 Å². The van der Waals surface area contributed by atoms with Crippen LogP contribution in [0.4, 0.5) is 0 Å². The van der Waals surface area contributed by atoms with Crippen molar-refractivity contribution in [3.63, 3.8) is 0 Å². The van der Waals surface area contributed by atoms with Gasteiger partial charge < -0.3 is 33.2 Å². The van der Waals surface area contributed by atoms with E-state index in [1.807, 2.05) is 72.2 Å². The number of carbonyl (C=O) groups excluding carboxylic acids is 7. The monoisotopic (exact) mass is 1310 g/mol. The number of esters is 7. The summed E-state index contributed by atoms with van der Waals surface area (Å²) < 4.78 is 38.4. The lowest BCUT2D eigenvalue weighted by Crippen LogP contribution is -2.26. The molecule has 4 aromatic rings. The number of benzene rings is 4. The minimum atomic E-state index is -0.603. The molecule has 18 nitrogen and oxygen atoms in total. The standard InChI is InChI=1S/C77H108N4O14/c1-57(2)75(88)94-48-47-93-69(82)37-38-70(83)95-56-58-31-34-62-64-36-33-60(51-68(64)77(66(62)49-58,41-23-13-17-27-45-91-73(86)54-80(7)8)42-24-14-18-28-46-92-74(87)55-81(9)10)59-32-35-63-61-29-19-20-30-65(61)76(67(63)50-59,39-21-11-15-25-43-89-71(84)52-78(3)4)40-22-12-16-26-44-90-72(85)53-79(5)6/h19-20,29-36,49-51H,1,11-18,21-28,37-48,52-56H2,2-10H3. The van der Waals surface area contributed by atoms with Crippen LogP contribution in [0.5, 0.6) is 0 Å². The van der Waals surface area contributed by atoms with Gasteiger partial charge in [0.1, 0.15) is 19.8 Å². The van der Waals surface area contributed by atoms with Crippen molar-refractivity contribution in [3.05, 3.63) is 119 Å². The van der Waals surface area contributed by atoms with Crippen LogP contribution in [0.2, 0.25) is 0 Å². The largest absolute Gasteiger partial charge is 0.465 e. The van der Waals surface area contributed by atoms with Gasteiger partial charge in [-0.3, -0.25) is 48.4 Å². The summed E-state index contributed by atoms with van der Waals surface area (Å²) in [5, 5.41) is 0. The van der Waals surface area contributed by atoms with Gasteiger partial charge in [-0.05, 0) is 188 Å². The van der Waals surface area contributed by atoms with Gasteiger partial charge in [0.15, 0.2) is 0 Å². The molecule has 6 rings (SSSR count). The Balaban J connectivity index is 1.33. The van der Waals surface area contributed by atoms with Crippen LogP contribution in [-0.2, 0) is 84.2 Å². The number of ether oxygens (including phenoxy) is 7. The summed E-state index contributed by atoms with van der Waals surface area (Å²) in [6.07, 6.45) is 17.7. The third kappa shape index (κ3) is 24.4. The molecule has 0 spiro atoms. The van der Waals surface area contributed by atoms with Crippen LogP contribution in [0.15, 0.2) is 91.0 Å². The van der Waals surface area contributed by atoms with E-state index < -0.39 is 23.3 Å². The van der Waals surface area contributed by atoms with E-state index >= 15 is 0 Å². The first-order chi connectivity index (χ1) is 45.6. The van der Waals surface area contributed by atoms with E-state index in [-0.39, 0.29) is 93.7 Å². The minimum Gasteiger partial charge on any atom is -0.465 e. The predicted molar refractivity (Wildman–Crippen MR) is 370 cm³/mol. The number of carbonyl (C=O) groups is 7. The SMILES string of the molecule is C=C(C)C(=O)OCCOC(=O)CCC(=O)OCc1ccc2c(c1)C(CCCCCCOC(=O)CN(C)C)(CCCCCCOC(=O)CN(C)C)c1cc(-c3ccc4c(c3)C(CCCCCCOC(=O)CN(C)C)(CCCCCCOC(=O)CN(C)C)c3ccccc3-4)ccc1-2. The highest BCUT2D eigenvalue weighted by atomic mass is 16.6. The van der Waals surface area contributed by atoms with Crippen LogP contribution >= 0.6 is 0 Å². The summed E-state index contributed by atoms with van der Waals surface area (Å²) in [7, 11) is 14.8. The molecule has 0 radical (unpaired) electrons. The topological polar surface area (TPSA) is 197 Å². The molecule has 95 heavy (non-hydrogen) atoms. The van der Waals surface area contributed by atoms with Gasteiger partial charge in [-0.1, -0.05) is 150 Å². The Labute approximate surface area is 565 Å². The number of unbranched alkanes of at least 4 members (excludes halogenated alkanes) is 12. The highest BCUT2D eigenvalue weighted by Crippen LogP contribution is 2.57. The predicted octanol–water partition coefficient (Wildman–Crippen LogP) is 12.6. The summed E-state index contributed by atoms with van der Waals surface area (Å²) in [6.45, 7) is 7.39. The van der Waals surface area contributed by atoms with Gasteiger partial charge in [-0.2, -0.15) is 0 Å². The smallest absolute Gasteiger partial charge is 0.333 e. The van der Waals surface area contributed by atoms with Gasteiger partial charge in [-0.15, -0.1) is 0 Å². The molecule has 0 unspecified atom stereocenters. The first-order valence-electron chi connectivity index (χ1n) is 34.5. The molecule has 2 aliphatic rings. The fraction of sp³-hybridized carbons (Fsp3) is 0.571. The van der Waals surface area contributed by atoms with Crippen LogP contribution in [0.3, 0.4) is 0 Å². The summed E-state index contributed by atoms with van der Waals surface area (Å²) in [5.74, 6) is -2.60. The summed E-state index contributed by atoms with van der Waals surface area (Å²) in [5.41, 5.74) is 12.7. The Morgan fingerprint density at radius 3 is 1.07 bits per heavy atom. The molecule has 0 fully saturated rings. The van der Waals surface area contributed by atoms with Crippen molar-refractivity contribution in [1.82, 2.24) is 19.6 Å². The Morgan fingerprint density at radius 2 is 0.674 bits per heavy atom. The molecule has 2 aliphatic carbocycles. The van der Waals surface area contributed by atoms with Crippen molar-refractivity contribution in [2.24, 2.45) is 0 Å². The maximum Gasteiger partial charge on any atom is 0.333 e. The second kappa shape index (κ2) is 39.7. The third-order valence-corrected chi connectivity index (χ3v) is 17.7. The quantitative estimate of drug-likeness (QED) is 0.0175. The maximum atomic E-state index is 13.3. The Kier molecular flexibility index (Phi) is 32.1. The van der Waals surface area contributed by atoms with Crippen LogP contribution in [0.25, 0.3) is 33.4 Å². The van der Waals surface area contributed by atoms with E-state index in [1.165, 1.54) is 45.9 Å². The van der Waals surface area contributed by atoms with Crippen molar-refractivity contribution in [1.29, 1.82) is 0 Å². The normalized spacial score (nSPS) is 13.1. The number of fused-ring (bicyclic) bond motifs is 6. The first-order valence-corrected chi connectivity index (χ1v) is 34.5. The van der Waals surface area contributed by atoms with Gasteiger partial charge in [0.25, 0.3) is 0 Å². The Hall–Kier alpha value is -7.25. The lowest BCUT2D eigenvalue weighted by molar-refractivity contribution is -0.153. The lowest BCUT2D eigenvalue weighted by atomic mass is 9.69. The number of hydrogen-bond acceptors (Lipinski definition) is 18. The second-order valence-corrected chi connectivity index (χ2v) is 26.9. The fourth-order valence-corrected chi connectivity index (χ4v) is 13.2. The van der Waals surface area contributed by atoms with Gasteiger partial charge in [0.2, 0.25) is 0 Å². The maximum absolute atomic E-state index is 13.3. The molecule has 0 aromatic heterocycles. The molecule has 0 bridgehead atoms. The molecule has 0 saturated heterocycles. The molecule has 0 N–H and O–H groups in total. The van der Waals surface area contributed by atoms with Crippen LogP contribution in [0.1, 0.15) is 176 Å². The number of nitrogens with zero attached hydrogens (tertiary/aromatic N) is 4. The lowest BCUT2D eigenvalue weighted by Gasteiger charge is -2.34. The molecule has 0 atom stereocenters. The molecular weight excluding hydrogens is 1200 g/mol. The average Bonchev–Trinajstić information content (AvgIpc) is 1.58. The third-order valence-electron chi connectivity index (χ3n) is 17.7. The zero-order valence-corrected chi connectivity index (χ0v) is 58.6. The molecule has 0 aliphatic heterocycles. The van der Waals surface area contributed by atoms with E-state index in [4.69, 9.17) is 33.2 Å². The summed E-state index contributed by atoms with van der Waals surface area (Å²) in [4.78, 5) is 94.3. The van der Waals surface area contributed by atoms with Gasteiger partial charge >= 0.3 is 41.8 Å². The number of rotatable bonds is 46. The Morgan fingerprint density at radius 1 is 0.347 bits per heavy atom. The zero-order chi connectivity index (χ0) is 68.8. The van der Waals surface area contributed by atoms with Crippen LogP contribution < -0.4 is 0 Å². The van der Waals surface area contributed by atoms with E-state index in [2.05, 4.69) is 79.4 Å². The molecule has 18 heteroatoms. The van der Waals surface area contributed by atoms with Crippen molar-refractivity contribution in [2.75, 3.05) is 122 Å². The van der Waals surface area contributed by atoms with E-state index in [0.717, 1.165) is 151 Å². The van der Waals surface area contributed by atoms with Gasteiger partial charge in [0.05, 0.1) is 65.4 Å². The van der Waals surface area contributed by atoms with Crippen LogP contribution in [0, 0.1) is 0 Å². The van der Waals surface area contributed by atoms with Crippen molar-refractivity contribution < 1.29 is 66.7 Å². The highest BCUT2D eigenvalue weighted by molar-refractivity contribution is 5.88. The van der Waals surface area contributed by atoms with Crippen molar-refractivity contribution in [2.45, 2.75) is 166 Å². The van der Waals surface area contributed by atoms with E-state index in [0.29, 0.717) is 26.4 Å². The average molecular weight is 1310 g/mol. The van der Waals surface area contributed by atoms with Crippen molar-refractivity contribution >= 4 is 41.8 Å². The number of hydrogen-bond donors (Lipinski definition) is 0. The molecular formula is C77H108N4O14.